The molecule has 0 spiro atoms. The Labute approximate surface area is 280 Å². The van der Waals surface area contributed by atoms with E-state index in [1.165, 1.54) is 64.1 Å². The van der Waals surface area contributed by atoms with Crippen molar-refractivity contribution in [3.8, 4) is 0 Å². The fourth-order valence-electron chi connectivity index (χ4n) is 7.21. The van der Waals surface area contributed by atoms with Crippen molar-refractivity contribution in [3.63, 3.8) is 0 Å². The minimum atomic E-state index is -0.00195. The average Bonchev–Trinajstić information content (AvgIpc) is 3.12. The van der Waals surface area contributed by atoms with Crippen LogP contribution in [-0.4, -0.2) is 0 Å². The maximum atomic E-state index is 3.15. The molecule has 1 fully saturated rings. The highest BCUT2D eigenvalue weighted by atomic mass is 15.1. The summed E-state index contributed by atoms with van der Waals surface area (Å²) in [6.07, 6.45) is 12.2. The van der Waals surface area contributed by atoms with Crippen molar-refractivity contribution in [2.24, 2.45) is 0 Å². The van der Waals surface area contributed by atoms with E-state index in [4.69, 9.17) is 0 Å². The van der Waals surface area contributed by atoms with Crippen molar-refractivity contribution in [3.05, 3.63) is 185 Å². The first-order valence-electron chi connectivity index (χ1n) is 16.9. The fraction of sp³-hybridized carbons (Fsp3) is 0.200. The number of allylic oxidation sites excluding steroid dienone is 3. The molecule has 2 heteroatoms. The molecule has 1 saturated carbocycles. The molecule has 232 valence electrons. The first-order valence-corrected chi connectivity index (χ1v) is 16.9. The summed E-state index contributed by atoms with van der Waals surface area (Å²) in [7, 11) is 0. The maximum absolute atomic E-state index is 3.15. The van der Waals surface area contributed by atoms with Gasteiger partial charge in [0.25, 0.3) is 0 Å². The molecule has 0 amide bonds. The minimum Gasteiger partial charge on any atom is -0.311 e. The van der Waals surface area contributed by atoms with Crippen LogP contribution in [0.1, 0.15) is 59.9 Å². The highest BCUT2D eigenvalue weighted by Crippen LogP contribution is 2.47. The number of benzene rings is 5. The van der Waals surface area contributed by atoms with Gasteiger partial charge in [-0.3, -0.25) is 0 Å². The van der Waals surface area contributed by atoms with Gasteiger partial charge in [0.15, 0.2) is 0 Å². The zero-order valence-electron chi connectivity index (χ0n) is 27.7. The van der Waals surface area contributed by atoms with Gasteiger partial charge in [-0.15, -0.1) is 0 Å². The van der Waals surface area contributed by atoms with Crippen molar-refractivity contribution < 1.29 is 0 Å². The van der Waals surface area contributed by atoms with Gasteiger partial charge in [0.1, 0.15) is 0 Å². The number of hydrogen-bond donors (Lipinski definition) is 0. The van der Waals surface area contributed by atoms with Gasteiger partial charge in [0.05, 0.1) is 5.70 Å². The molecule has 0 aliphatic heterocycles. The summed E-state index contributed by atoms with van der Waals surface area (Å²) in [6.45, 7) is 6.42. The Hall–Kier alpha value is -5.26. The van der Waals surface area contributed by atoms with Crippen LogP contribution in [0, 0.1) is 20.8 Å². The van der Waals surface area contributed by atoms with Crippen LogP contribution in [0.2, 0.25) is 0 Å². The molecule has 0 N–H and O–H groups in total. The molecule has 7 rings (SSSR count). The first-order chi connectivity index (χ1) is 23.0. The molecule has 0 radical (unpaired) electrons. The molecule has 2 aliphatic rings. The van der Waals surface area contributed by atoms with Crippen molar-refractivity contribution in [1.29, 1.82) is 0 Å². The lowest BCUT2D eigenvalue weighted by molar-refractivity contribution is 0.346. The first kappa shape index (κ1) is 30.4. The van der Waals surface area contributed by atoms with Crippen molar-refractivity contribution in [2.75, 3.05) is 9.80 Å². The molecule has 0 unspecified atom stereocenters. The maximum Gasteiger partial charge on any atom is 0.0551 e. The predicted molar refractivity (Wildman–Crippen MR) is 198 cm³/mol. The highest BCUT2D eigenvalue weighted by molar-refractivity contribution is 5.77. The Bertz CT molecular complexity index is 1910. The van der Waals surface area contributed by atoms with Crippen LogP contribution < -0.4 is 9.80 Å². The topological polar surface area (TPSA) is 6.48 Å². The molecule has 5 aromatic carbocycles. The van der Waals surface area contributed by atoms with Gasteiger partial charge >= 0.3 is 0 Å². The number of anilines is 5. The standard InChI is InChI=1S/C45H42N2/c1-34-12-22-40(23-13-34)46(39-10-6-4-7-11-39)43-28-18-37(19-29-43)45(32-8-5-9-33-45)38-20-30-44(31-21-38)47(41-24-14-35(2)15-25-41)42-26-16-36(3)17-27-42/h6,10-31H,5,8-9,32-33H2,1-3H3. The van der Waals surface area contributed by atoms with Crippen molar-refractivity contribution >= 4 is 28.4 Å². The van der Waals surface area contributed by atoms with E-state index in [0.717, 1.165) is 29.9 Å². The average molecular weight is 611 g/mol. The van der Waals surface area contributed by atoms with E-state index in [9.17, 15) is 0 Å². The third-order valence-electron chi connectivity index (χ3n) is 9.84. The van der Waals surface area contributed by atoms with Crippen molar-refractivity contribution in [2.45, 2.75) is 58.3 Å². The Morgan fingerprint density at radius 3 is 1.21 bits per heavy atom. The second-order valence-corrected chi connectivity index (χ2v) is 13.1. The van der Waals surface area contributed by atoms with E-state index in [0.29, 0.717) is 0 Å². The normalized spacial score (nSPS) is 14.9. The molecule has 0 saturated heterocycles. The second-order valence-electron chi connectivity index (χ2n) is 13.1. The van der Waals surface area contributed by atoms with Gasteiger partial charge in [-0.25, -0.2) is 0 Å². The molecule has 0 heterocycles. The largest absolute Gasteiger partial charge is 0.311 e. The van der Waals surface area contributed by atoms with E-state index in [-0.39, 0.29) is 5.41 Å². The predicted octanol–water partition coefficient (Wildman–Crippen LogP) is 12.2. The number of rotatable bonds is 8. The minimum absolute atomic E-state index is 0.00195. The Morgan fingerprint density at radius 1 is 0.447 bits per heavy atom. The van der Waals surface area contributed by atoms with E-state index in [2.05, 4.69) is 169 Å². The molecule has 2 aliphatic carbocycles. The molecule has 0 aromatic heterocycles. The number of hydrogen-bond acceptors (Lipinski definition) is 2. The monoisotopic (exact) mass is 610 g/mol. The fourth-order valence-corrected chi connectivity index (χ4v) is 7.21. The SMILES string of the molecule is Cc1ccc(N(C2=CC=C=C=C2)c2ccc(C3(c4ccc(N(c5ccc(C)cc5)c5ccc(C)cc5)cc4)CCCCC3)cc2)cc1. The summed E-state index contributed by atoms with van der Waals surface area (Å²) in [4.78, 5) is 4.67. The van der Waals surface area contributed by atoms with E-state index in [1.807, 2.05) is 12.2 Å². The van der Waals surface area contributed by atoms with E-state index in [1.54, 1.807) is 0 Å². The molecule has 47 heavy (non-hydrogen) atoms. The van der Waals surface area contributed by atoms with Gasteiger partial charge in [-0.05, 0) is 118 Å². The van der Waals surface area contributed by atoms with E-state index < -0.39 is 0 Å². The van der Waals surface area contributed by atoms with Crippen LogP contribution in [0.25, 0.3) is 0 Å². The summed E-state index contributed by atoms with van der Waals surface area (Å²) in [5, 5.41) is 0. The number of nitrogens with zero attached hydrogens (tertiary/aromatic N) is 2. The van der Waals surface area contributed by atoms with Gasteiger partial charge in [0, 0.05) is 39.9 Å². The lowest BCUT2D eigenvalue weighted by atomic mass is 9.65. The quantitative estimate of drug-likeness (QED) is 0.161. The lowest BCUT2D eigenvalue weighted by Gasteiger charge is -2.39. The Balaban J connectivity index is 1.25. The summed E-state index contributed by atoms with van der Waals surface area (Å²) >= 11 is 0. The van der Waals surface area contributed by atoms with Gasteiger partial charge in [-0.1, -0.05) is 108 Å². The molecular formula is C45H42N2. The molecule has 0 atom stereocenters. The van der Waals surface area contributed by atoms with Gasteiger partial charge in [-0.2, -0.15) is 0 Å². The van der Waals surface area contributed by atoms with E-state index >= 15 is 0 Å². The van der Waals surface area contributed by atoms with Crippen LogP contribution in [-0.2, 0) is 5.41 Å². The van der Waals surface area contributed by atoms with Gasteiger partial charge in [0.2, 0.25) is 0 Å². The van der Waals surface area contributed by atoms with Crippen LogP contribution in [0.3, 0.4) is 0 Å². The third kappa shape index (κ3) is 6.27. The van der Waals surface area contributed by atoms with Crippen LogP contribution in [0.5, 0.6) is 0 Å². The summed E-state index contributed by atoms with van der Waals surface area (Å²) < 4.78 is 0. The van der Waals surface area contributed by atoms with Crippen LogP contribution in [0.4, 0.5) is 28.4 Å². The van der Waals surface area contributed by atoms with Gasteiger partial charge < -0.3 is 9.80 Å². The summed E-state index contributed by atoms with van der Waals surface area (Å²) in [6, 6.07) is 45.2. The summed E-state index contributed by atoms with van der Waals surface area (Å²) in [5.74, 6) is 0. The molecule has 0 bridgehead atoms. The third-order valence-corrected chi connectivity index (χ3v) is 9.84. The lowest BCUT2D eigenvalue weighted by Crippen LogP contribution is -2.30. The summed E-state index contributed by atoms with van der Waals surface area (Å²) in [5.41, 5.74) is 19.7. The molecular weight excluding hydrogens is 569 g/mol. The zero-order valence-corrected chi connectivity index (χ0v) is 27.7. The Morgan fingerprint density at radius 2 is 0.830 bits per heavy atom. The number of aryl methyl sites for hydroxylation is 3. The molecule has 5 aromatic rings. The Kier molecular flexibility index (Phi) is 8.56. The smallest absolute Gasteiger partial charge is 0.0551 e. The van der Waals surface area contributed by atoms with Crippen molar-refractivity contribution in [1.82, 2.24) is 0 Å². The highest BCUT2D eigenvalue weighted by Gasteiger charge is 2.36. The van der Waals surface area contributed by atoms with Crippen LogP contribution >= 0.6 is 0 Å². The van der Waals surface area contributed by atoms with Crippen LogP contribution in [0.15, 0.2) is 157 Å². The second kappa shape index (κ2) is 13.2. The molecule has 2 nitrogen and oxygen atoms in total. The zero-order chi connectivity index (χ0) is 32.2.